The topological polar surface area (TPSA) is 102 Å². The predicted molar refractivity (Wildman–Crippen MR) is 66.5 cm³/mol. The Labute approximate surface area is 116 Å². The number of hydrogen-bond acceptors (Lipinski definition) is 5. The molecule has 0 aromatic carbocycles. The average Bonchev–Trinajstić information content (AvgIpc) is 2.94. The van der Waals surface area contributed by atoms with Crippen LogP contribution in [0.4, 0.5) is 19.0 Å². The summed E-state index contributed by atoms with van der Waals surface area (Å²) in [4.78, 5) is 17.6. The van der Waals surface area contributed by atoms with Crippen LogP contribution in [0.25, 0.3) is 11.1 Å². The molecule has 6 nitrogen and oxygen atoms in total. The molecular formula is C12H12F3N3O3. The molecule has 0 atom stereocenters. The van der Waals surface area contributed by atoms with Gasteiger partial charge in [0.25, 0.3) is 0 Å². The third kappa shape index (κ3) is 3.23. The first-order valence-electron chi connectivity index (χ1n) is 5.95. The van der Waals surface area contributed by atoms with Crippen LogP contribution >= 0.6 is 0 Å². The number of fused-ring (bicyclic) bond motifs is 1. The van der Waals surface area contributed by atoms with Gasteiger partial charge in [0.2, 0.25) is 5.71 Å². The lowest BCUT2D eigenvalue weighted by molar-refractivity contribution is -0.192. The number of halogens is 3. The van der Waals surface area contributed by atoms with Crippen molar-refractivity contribution in [1.29, 1.82) is 0 Å². The second-order valence-electron chi connectivity index (χ2n) is 4.94. The first-order chi connectivity index (χ1) is 9.63. The van der Waals surface area contributed by atoms with Gasteiger partial charge in [0.15, 0.2) is 0 Å². The number of alkyl halides is 3. The number of nitrogens with two attached hydrogens (primary N) is 1. The van der Waals surface area contributed by atoms with Crippen molar-refractivity contribution in [3.8, 4) is 0 Å². The van der Waals surface area contributed by atoms with Crippen LogP contribution in [0.5, 0.6) is 0 Å². The zero-order chi connectivity index (χ0) is 15.8. The van der Waals surface area contributed by atoms with Crippen molar-refractivity contribution in [2.45, 2.75) is 31.4 Å². The largest absolute Gasteiger partial charge is 0.490 e. The minimum absolute atomic E-state index is 0.134. The van der Waals surface area contributed by atoms with Crippen LogP contribution in [0.3, 0.4) is 0 Å². The minimum atomic E-state index is -5.08. The fourth-order valence-corrected chi connectivity index (χ4v) is 1.56. The van der Waals surface area contributed by atoms with E-state index in [1.54, 1.807) is 12.3 Å². The predicted octanol–water partition coefficient (Wildman–Crippen LogP) is 2.49. The Hall–Kier alpha value is -2.32. The van der Waals surface area contributed by atoms with Crippen LogP contribution in [-0.2, 0) is 10.2 Å². The molecular weight excluding hydrogens is 291 g/mol. The maximum atomic E-state index is 10.6. The SMILES string of the molecule is CC1(c2nc(N)c3ccoc3n2)CC1.O=C(O)C(F)(F)F. The highest BCUT2D eigenvalue weighted by atomic mass is 19.4. The molecule has 114 valence electrons. The van der Waals surface area contributed by atoms with Crippen molar-refractivity contribution in [2.75, 3.05) is 5.73 Å². The number of carboxylic acids is 1. The summed E-state index contributed by atoms with van der Waals surface area (Å²) in [5, 5.41) is 7.93. The van der Waals surface area contributed by atoms with Gasteiger partial charge in [0, 0.05) is 5.41 Å². The third-order valence-electron chi connectivity index (χ3n) is 3.14. The molecule has 0 bridgehead atoms. The van der Waals surface area contributed by atoms with Crippen LogP contribution in [0.1, 0.15) is 25.6 Å². The lowest BCUT2D eigenvalue weighted by Gasteiger charge is -2.06. The van der Waals surface area contributed by atoms with Gasteiger partial charge in [-0.05, 0) is 18.9 Å². The van der Waals surface area contributed by atoms with E-state index in [4.69, 9.17) is 20.1 Å². The van der Waals surface area contributed by atoms with Gasteiger partial charge >= 0.3 is 12.1 Å². The molecule has 1 aliphatic rings. The Balaban J connectivity index is 0.000000199. The highest BCUT2D eigenvalue weighted by Crippen LogP contribution is 2.46. The molecule has 0 aliphatic heterocycles. The molecule has 1 saturated carbocycles. The summed E-state index contributed by atoms with van der Waals surface area (Å²) in [7, 11) is 0. The highest BCUT2D eigenvalue weighted by Gasteiger charge is 2.42. The van der Waals surface area contributed by atoms with E-state index in [-0.39, 0.29) is 5.41 Å². The number of aliphatic carboxylic acids is 1. The van der Waals surface area contributed by atoms with Gasteiger partial charge in [-0.15, -0.1) is 0 Å². The maximum Gasteiger partial charge on any atom is 0.490 e. The quantitative estimate of drug-likeness (QED) is 0.839. The molecule has 2 aromatic heterocycles. The van der Waals surface area contributed by atoms with Crippen molar-refractivity contribution in [2.24, 2.45) is 0 Å². The van der Waals surface area contributed by atoms with E-state index < -0.39 is 12.1 Å². The summed E-state index contributed by atoms with van der Waals surface area (Å²) < 4.78 is 37.0. The molecule has 0 radical (unpaired) electrons. The van der Waals surface area contributed by atoms with Crippen LogP contribution < -0.4 is 5.73 Å². The molecule has 2 heterocycles. The highest BCUT2D eigenvalue weighted by molar-refractivity contribution is 5.84. The molecule has 0 saturated heterocycles. The first kappa shape index (κ1) is 15.1. The van der Waals surface area contributed by atoms with Gasteiger partial charge in [-0.2, -0.15) is 18.2 Å². The van der Waals surface area contributed by atoms with Gasteiger partial charge in [0.1, 0.15) is 11.6 Å². The van der Waals surface area contributed by atoms with Crippen molar-refractivity contribution < 1.29 is 27.5 Å². The van der Waals surface area contributed by atoms with Crippen LogP contribution in [0, 0.1) is 0 Å². The Morgan fingerprint density at radius 1 is 1.43 bits per heavy atom. The van der Waals surface area contributed by atoms with Gasteiger partial charge in [-0.1, -0.05) is 6.92 Å². The molecule has 0 amide bonds. The van der Waals surface area contributed by atoms with Gasteiger partial charge in [-0.3, -0.25) is 0 Å². The molecule has 3 N–H and O–H groups in total. The zero-order valence-electron chi connectivity index (χ0n) is 10.9. The van der Waals surface area contributed by atoms with E-state index in [1.165, 1.54) is 0 Å². The Morgan fingerprint density at radius 2 is 2.00 bits per heavy atom. The summed E-state index contributed by atoms with van der Waals surface area (Å²) >= 11 is 0. The van der Waals surface area contributed by atoms with E-state index in [9.17, 15) is 13.2 Å². The van der Waals surface area contributed by atoms with Gasteiger partial charge in [-0.25, -0.2) is 9.78 Å². The Morgan fingerprint density at radius 3 is 2.48 bits per heavy atom. The minimum Gasteiger partial charge on any atom is -0.475 e. The normalized spacial score (nSPS) is 16.2. The number of hydrogen-bond donors (Lipinski definition) is 2. The van der Waals surface area contributed by atoms with Crippen molar-refractivity contribution in [3.63, 3.8) is 0 Å². The number of carbonyl (C=O) groups is 1. The molecule has 1 aliphatic carbocycles. The summed E-state index contributed by atoms with van der Waals surface area (Å²) in [6.45, 7) is 2.15. The van der Waals surface area contributed by atoms with Crippen LogP contribution in [-0.4, -0.2) is 27.2 Å². The lowest BCUT2D eigenvalue weighted by Crippen LogP contribution is -2.21. The van der Waals surface area contributed by atoms with E-state index >= 15 is 0 Å². The van der Waals surface area contributed by atoms with Crippen molar-refractivity contribution >= 4 is 22.9 Å². The van der Waals surface area contributed by atoms with E-state index in [0.717, 1.165) is 24.1 Å². The number of nitrogen functional groups attached to an aromatic ring is 1. The lowest BCUT2D eigenvalue weighted by atomic mass is 10.1. The number of rotatable bonds is 1. The van der Waals surface area contributed by atoms with E-state index in [1.807, 2.05) is 0 Å². The van der Waals surface area contributed by atoms with E-state index in [2.05, 4.69) is 16.9 Å². The van der Waals surface area contributed by atoms with Crippen LogP contribution in [0.2, 0.25) is 0 Å². The molecule has 3 rings (SSSR count). The Bertz CT molecular complexity index is 677. The number of nitrogens with zero attached hydrogens (tertiary/aromatic N) is 2. The molecule has 0 unspecified atom stereocenters. The number of anilines is 1. The fourth-order valence-electron chi connectivity index (χ4n) is 1.56. The molecule has 21 heavy (non-hydrogen) atoms. The summed E-state index contributed by atoms with van der Waals surface area (Å²) in [6.07, 6.45) is -1.22. The van der Waals surface area contributed by atoms with Crippen molar-refractivity contribution in [1.82, 2.24) is 9.97 Å². The summed E-state index contributed by atoms with van der Waals surface area (Å²) in [6, 6.07) is 1.80. The van der Waals surface area contributed by atoms with Crippen LogP contribution in [0.15, 0.2) is 16.7 Å². The monoisotopic (exact) mass is 303 g/mol. The van der Waals surface area contributed by atoms with E-state index in [0.29, 0.717) is 11.5 Å². The standard InChI is InChI=1S/C10H11N3O.C2HF3O2/c1-10(3-4-10)9-12-7(11)6-2-5-14-8(6)13-9;3-2(4,5)1(6)7/h2,5H,3-4H2,1H3,(H2,11,12,13);(H,6,7). The Kier molecular flexibility index (Phi) is 3.52. The number of carboxylic acid groups (broad SMARTS) is 1. The molecule has 0 spiro atoms. The summed E-state index contributed by atoms with van der Waals surface area (Å²) in [5.74, 6) is -1.42. The molecule has 1 fully saturated rings. The fraction of sp³-hybridized carbons (Fsp3) is 0.417. The third-order valence-corrected chi connectivity index (χ3v) is 3.14. The average molecular weight is 303 g/mol. The second-order valence-corrected chi connectivity index (χ2v) is 4.94. The number of aromatic nitrogens is 2. The second kappa shape index (κ2) is 4.90. The zero-order valence-corrected chi connectivity index (χ0v) is 10.9. The molecule has 2 aromatic rings. The van der Waals surface area contributed by atoms with Gasteiger partial charge in [0.05, 0.1) is 11.6 Å². The smallest absolute Gasteiger partial charge is 0.475 e. The number of furan rings is 1. The maximum absolute atomic E-state index is 10.6. The summed E-state index contributed by atoms with van der Waals surface area (Å²) in [5.41, 5.74) is 6.55. The van der Waals surface area contributed by atoms with Crippen molar-refractivity contribution in [3.05, 3.63) is 18.2 Å². The van der Waals surface area contributed by atoms with Gasteiger partial charge < -0.3 is 15.3 Å². The first-order valence-corrected chi connectivity index (χ1v) is 5.95. The molecule has 9 heteroatoms.